The van der Waals surface area contributed by atoms with Crippen molar-refractivity contribution in [1.82, 2.24) is 5.32 Å². The van der Waals surface area contributed by atoms with E-state index in [1.165, 1.54) is 12.1 Å². The Labute approximate surface area is 80.9 Å². The zero-order chi connectivity index (χ0) is 10.6. The summed E-state index contributed by atoms with van der Waals surface area (Å²) in [7, 11) is 0. The fourth-order valence-corrected chi connectivity index (χ4v) is 0.853. The van der Waals surface area contributed by atoms with E-state index in [1.54, 1.807) is 6.92 Å². The Balaban J connectivity index is 2.70. The first-order valence-corrected chi connectivity index (χ1v) is 4.23. The summed E-state index contributed by atoms with van der Waals surface area (Å²) in [6, 6.07) is 2.50. The molecule has 76 valence electrons. The lowest BCUT2D eigenvalue weighted by Crippen LogP contribution is -2.37. The molecule has 1 unspecified atom stereocenters. The minimum absolute atomic E-state index is 0.102. The minimum atomic E-state index is -0.478. The van der Waals surface area contributed by atoms with Crippen LogP contribution >= 0.6 is 0 Å². The highest BCUT2D eigenvalue weighted by Gasteiger charge is 2.08. The Hall–Kier alpha value is -1.62. The Morgan fingerprint density at radius 3 is 2.86 bits per heavy atom. The summed E-state index contributed by atoms with van der Waals surface area (Å²) in [5, 5.41) is 2.64. The first-order chi connectivity index (χ1) is 6.63. The van der Waals surface area contributed by atoms with Gasteiger partial charge in [0.25, 0.3) is 5.91 Å². The van der Waals surface area contributed by atoms with Gasteiger partial charge >= 0.3 is 5.63 Å². The second-order valence-electron chi connectivity index (χ2n) is 2.95. The van der Waals surface area contributed by atoms with Gasteiger partial charge in [0, 0.05) is 18.7 Å². The molecule has 0 aromatic carbocycles. The van der Waals surface area contributed by atoms with Gasteiger partial charge in [0.05, 0.1) is 5.56 Å². The number of nitrogens with one attached hydrogen (secondary N) is 1. The molecular weight excluding hydrogens is 184 g/mol. The number of nitrogens with two attached hydrogens (primary N) is 1. The van der Waals surface area contributed by atoms with Gasteiger partial charge in [-0.15, -0.1) is 0 Å². The molecule has 1 rings (SSSR count). The van der Waals surface area contributed by atoms with Crippen molar-refractivity contribution in [2.24, 2.45) is 5.73 Å². The number of hydrogen-bond donors (Lipinski definition) is 2. The van der Waals surface area contributed by atoms with E-state index < -0.39 is 5.63 Å². The van der Waals surface area contributed by atoms with E-state index in [0.29, 0.717) is 12.1 Å². The first-order valence-electron chi connectivity index (χ1n) is 4.23. The van der Waals surface area contributed by atoms with E-state index in [-0.39, 0.29) is 11.9 Å². The third-order valence-electron chi connectivity index (χ3n) is 1.69. The standard InChI is InChI=1S/C9H12N2O3/c1-6(4-10)11-9(13)7-2-3-8(12)14-5-7/h2-3,5-6H,4,10H2,1H3,(H,11,13). The summed E-state index contributed by atoms with van der Waals surface area (Å²) in [6.45, 7) is 2.15. The molecule has 5 heteroatoms. The molecule has 0 radical (unpaired) electrons. The lowest BCUT2D eigenvalue weighted by Gasteiger charge is -2.10. The summed E-state index contributed by atoms with van der Waals surface area (Å²) in [4.78, 5) is 22.0. The van der Waals surface area contributed by atoms with Crippen LogP contribution in [0.3, 0.4) is 0 Å². The number of rotatable bonds is 3. The van der Waals surface area contributed by atoms with Crippen LogP contribution in [0.15, 0.2) is 27.6 Å². The highest BCUT2D eigenvalue weighted by molar-refractivity contribution is 5.93. The van der Waals surface area contributed by atoms with Gasteiger partial charge in [-0.3, -0.25) is 4.79 Å². The number of carbonyl (C=O) groups is 1. The van der Waals surface area contributed by atoms with Crippen LogP contribution in [0.25, 0.3) is 0 Å². The van der Waals surface area contributed by atoms with Gasteiger partial charge in [0.1, 0.15) is 6.26 Å². The van der Waals surface area contributed by atoms with Crippen LogP contribution in [0.1, 0.15) is 17.3 Å². The molecule has 5 nitrogen and oxygen atoms in total. The van der Waals surface area contributed by atoms with Gasteiger partial charge in [-0.2, -0.15) is 0 Å². The minimum Gasteiger partial charge on any atom is -0.430 e. The van der Waals surface area contributed by atoms with Gasteiger partial charge in [-0.05, 0) is 13.0 Å². The fourth-order valence-electron chi connectivity index (χ4n) is 0.853. The largest absolute Gasteiger partial charge is 0.430 e. The monoisotopic (exact) mass is 196 g/mol. The van der Waals surface area contributed by atoms with E-state index in [9.17, 15) is 9.59 Å². The lowest BCUT2D eigenvalue weighted by atomic mass is 10.2. The van der Waals surface area contributed by atoms with Gasteiger partial charge < -0.3 is 15.5 Å². The van der Waals surface area contributed by atoms with Crippen molar-refractivity contribution in [3.8, 4) is 0 Å². The smallest absolute Gasteiger partial charge is 0.335 e. The summed E-state index contributed by atoms with van der Waals surface area (Å²) in [6.07, 6.45) is 1.13. The van der Waals surface area contributed by atoms with Crippen LogP contribution in [0, 0.1) is 0 Å². The molecule has 3 N–H and O–H groups in total. The zero-order valence-corrected chi connectivity index (χ0v) is 7.82. The highest BCUT2D eigenvalue weighted by atomic mass is 16.4. The van der Waals surface area contributed by atoms with Gasteiger partial charge in [-0.1, -0.05) is 0 Å². The predicted molar refractivity (Wildman–Crippen MR) is 51.0 cm³/mol. The third kappa shape index (κ3) is 2.70. The molecule has 1 aromatic rings. The molecule has 0 aliphatic heterocycles. The maximum Gasteiger partial charge on any atom is 0.335 e. The first kappa shape index (κ1) is 10.5. The molecule has 1 amide bonds. The lowest BCUT2D eigenvalue weighted by molar-refractivity contribution is 0.0939. The Morgan fingerprint density at radius 2 is 2.36 bits per heavy atom. The molecule has 0 aliphatic rings. The van der Waals surface area contributed by atoms with Crippen molar-refractivity contribution < 1.29 is 9.21 Å². The third-order valence-corrected chi connectivity index (χ3v) is 1.69. The Morgan fingerprint density at radius 1 is 1.64 bits per heavy atom. The fraction of sp³-hybridized carbons (Fsp3) is 0.333. The van der Waals surface area contributed by atoms with Crippen LogP contribution in [0.4, 0.5) is 0 Å². The second kappa shape index (κ2) is 4.57. The molecule has 0 aliphatic carbocycles. The number of amides is 1. The van der Waals surface area contributed by atoms with E-state index >= 15 is 0 Å². The van der Waals surface area contributed by atoms with Crippen molar-refractivity contribution in [3.63, 3.8) is 0 Å². The van der Waals surface area contributed by atoms with Crippen molar-refractivity contribution in [2.75, 3.05) is 6.54 Å². The molecule has 1 atom stereocenters. The van der Waals surface area contributed by atoms with Crippen LogP contribution < -0.4 is 16.7 Å². The summed E-state index contributed by atoms with van der Waals surface area (Å²) in [5.74, 6) is -0.299. The van der Waals surface area contributed by atoms with Crippen molar-refractivity contribution >= 4 is 5.91 Å². The summed E-state index contributed by atoms with van der Waals surface area (Å²) >= 11 is 0. The molecular formula is C9H12N2O3. The number of carbonyl (C=O) groups excluding carboxylic acids is 1. The molecule has 1 heterocycles. The van der Waals surface area contributed by atoms with Crippen LogP contribution in [-0.4, -0.2) is 18.5 Å². The Kier molecular flexibility index (Phi) is 3.41. The average molecular weight is 196 g/mol. The van der Waals surface area contributed by atoms with E-state index in [1.807, 2.05) is 0 Å². The zero-order valence-electron chi connectivity index (χ0n) is 7.82. The van der Waals surface area contributed by atoms with Crippen molar-refractivity contribution in [2.45, 2.75) is 13.0 Å². The normalized spacial score (nSPS) is 12.1. The molecule has 0 bridgehead atoms. The van der Waals surface area contributed by atoms with Gasteiger partial charge in [-0.25, -0.2) is 4.79 Å². The SMILES string of the molecule is CC(CN)NC(=O)c1ccc(=O)oc1. The molecule has 0 spiro atoms. The Bertz CT molecular complexity index is 352. The van der Waals surface area contributed by atoms with E-state index in [0.717, 1.165) is 6.26 Å². The van der Waals surface area contributed by atoms with Crippen LogP contribution in [0.2, 0.25) is 0 Å². The summed E-state index contributed by atoms with van der Waals surface area (Å²) in [5.41, 5.74) is 5.17. The quantitative estimate of drug-likeness (QED) is 0.696. The van der Waals surface area contributed by atoms with E-state index in [4.69, 9.17) is 5.73 Å². The molecule has 14 heavy (non-hydrogen) atoms. The topological polar surface area (TPSA) is 85.3 Å². The molecule has 0 saturated heterocycles. The molecule has 0 fully saturated rings. The maximum atomic E-state index is 11.4. The van der Waals surface area contributed by atoms with Crippen LogP contribution in [0.5, 0.6) is 0 Å². The number of hydrogen-bond acceptors (Lipinski definition) is 4. The predicted octanol–water partition coefficient (Wildman–Crippen LogP) is -0.283. The highest BCUT2D eigenvalue weighted by Crippen LogP contribution is 1.95. The maximum absolute atomic E-state index is 11.4. The van der Waals surface area contributed by atoms with Crippen molar-refractivity contribution in [1.29, 1.82) is 0 Å². The molecule has 1 aromatic heterocycles. The average Bonchev–Trinajstić information content (AvgIpc) is 2.18. The van der Waals surface area contributed by atoms with Crippen LogP contribution in [-0.2, 0) is 0 Å². The molecule has 0 saturated carbocycles. The van der Waals surface area contributed by atoms with Crippen molar-refractivity contribution in [3.05, 3.63) is 34.4 Å². The van der Waals surface area contributed by atoms with Gasteiger partial charge in [0.2, 0.25) is 0 Å². The van der Waals surface area contributed by atoms with E-state index in [2.05, 4.69) is 9.73 Å². The summed E-state index contributed by atoms with van der Waals surface area (Å²) < 4.78 is 4.55. The second-order valence-corrected chi connectivity index (χ2v) is 2.95. The van der Waals surface area contributed by atoms with Gasteiger partial charge in [0.15, 0.2) is 0 Å².